The van der Waals surface area contributed by atoms with Gasteiger partial charge in [0.05, 0.1) is 10.2 Å². The molecule has 0 aliphatic carbocycles. The van der Waals surface area contributed by atoms with Gasteiger partial charge in [-0.1, -0.05) is 22.6 Å². The van der Waals surface area contributed by atoms with Crippen LogP contribution in [-0.2, 0) is 0 Å². The summed E-state index contributed by atoms with van der Waals surface area (Å²) >= 11 is 2.03. The molecule has 0 radical (unpaired) electrons. The van der Waals surface area contributed by atoms with Crippen molar-refractivity contribution >= 4 is 28.7 Å². The average Bonchev–Trinajstić information content (AvgIpc) is 1.85. The van der Waals surface area contributed by atoms with E-state index in [0.29, 0.717) is 19.4 Å². The maximum Gasteiger partial charge on any atom is 0.408 e. The van der Waals surface area contributed by atoms with E-state index in [1.165, 1.54) is 4.90 Å². The van der Waals surface area contributed by atoms with Gasteiger partial charge in [-0.25, -0.2) is 4.79 Å². The molecule has 0 aromatic carbocycles. The number of carbonyl (C=O) groups is 1. The fourth-order valence-electron chi connectivity index (χ4n) is 1.11. The van der Waals surface area contributed by atoms with Crippen LogP contribution in [0, 0.1) is 0 Å². The second kappa shape index (κ2) is 3.57. The third kappa shape index (κ3) is 2.19. The molecule has 0 aromatic heterocycles. The minimum atomic E-state index is -0.892. The lowest BCUT2D eigenvalue weighted by molar-refractivity contribution is 0.0718. The van der Waals surface area contributed by atoms with Crippen LogP contribution in [0.2, 0.25) is 0 Å². The van der Waals surface area contributed by atoms with Crippen LogP contribution in [0.1, 0.15) is 12.8 Å². The van der Waals surface area contributed by atoms with Gasteiger partial charge >= 0.3 is 6.09 Å². The Morgan fingerprint density at radius 3 is 2.73 bits per heavy atom. The van der Waals surface area contributed by atoms with Crippen molar-refractivity contribution in [2.24, 2.45) is 0 Å². The fraction of sp³-hybridized carbons (Fsp3) is 0.833. The Kier molecular flexibility index (Phi) is 2.94. The number of hydrogen-bond donors (Lipinski definition) is 2. The standard InChI is InChI=1S/C6H10INO3/c7-5-3-4(9)1-2-8(5)6(10)11/h4-5,9H,1-3H2,(H,10,11). The molecule has 0 spiro atoms. The highest BCUT2D eigenvalue weighted by atomic mass is 127. The summed E-state index contributed by atoms with van der Waals surface area (Å²) in [5.41, 5.74) is 0. The highest BCUT2D eigenvalue weighted by Gasteiger charge is 2.28. The molecule has 2 N–H and O–H groups in total. The van der Waals surface area contributed by atoms with Crippen LogP contribution in [0.15, 0.2) is 0 Å². The first kappa shape index (κ1) is 9.05. The zero-order chi connectivity index (χ0) is 8.43. The average molecular weight is 271 g/mol. The van der Waals surface area contributed by atoms with Gasteiger partial charge in [-0.15, -0.1) is 0 Å². The van der Waals surface area contributed by atoms with Gasteiger partial charge < -0.3 is 10.2 Å². The topological polar surface area (TPSA) is 60.8 Å². The zero-order valence-electron chi connectivity index (χ0n) is 5.90. The maximum absolute atomic E-state index is 10.5. The maximum atomic E-state index is 10.5. The predicted octanol–water partition coefficient (Wildman–Crippen LogP) is 0.882. The molecule has 1 heterocycles. The lowest BCUT2D eigenvalue weighted by Gasteiger charge is -2.32. The van der Waals surface area contributed by atoms with Crippen molar-refractivity contribution < 1.29 is 15.0 Å². The Morgan fingerprint density at radius 1 is 1.64 bits per heavy atom. The van der Waals surface area contributed by atoms with E-state index in [2.05, 4.69) is 0 Å². The van der Waals surface area contributed by atoms with Crippen molar-refractivity contribution in [3.8, 4) is 0 Å². The molecule has 2 unspecified atom stereocenters. The normalized spacial score (nSPS) is 32.0. The van der Waals surface area contributed by atoms with Gasteiger partial charge in [-0.05, 0) is 6.42 Å². The largest absolute Gasteiger partial charge is 0.465 e. The number of rotatable bonds is 0. The van der Waals surface area contributed by atoms with Gasteiger partial charge in [0, 0.05) is 13.0 Å². The first-order chi connectivity index (χ1) is 5.11. The molecule has 1 aliphatic heterocycles. The van der Waals surface area contributed by atoms with Gasteiger partial charge in [-0.3, -0.25) is 4.90 Å². The summed E-state index contributed by atoms with van der Waals surface area (Å²) in [6.07, 6.45) is -0.109. The van der Waals surface area contributed by atoms with Crippen LogP contribution in [0.3, 0.4) is 0 Å². The number of carboxylic acid groups (broad SMARTS) is 1. The first-order valence-electron chi connectivity index (χ1n) is 3.43. The highest BCUT2D eigenvalue weighted by molar-refractivity contribution is 14.1. The van der Waals surface area contributed by atoms with Crippen LogP contribution >= 0.6 is 22.6 Å². The molecule has 0 saturated carbocycles. The number of amides is 1. The number of aliphatic hydroxyl groups excluding tert-OH is 1. The second-order valence-corrected chi connectivity index (χ2v) is 4.03. The molecular formula is C6H10INO3. The van der Waals surface area contributed by atoms with Crippen molar-refractivity contribution in [1.29, 1.82) is 0 Å². The van der Waals surface area contributed by atoms with Crippen LogP contribution in [0.4, 0.5) is 4.79 Å². The Labute approximate surface area is 78.3 Å². The van der Waals surface area contributed by atoms with E-state index in [4.69, 9.17) is 10.2 Å². The third-order valence-electron chi connectivity index (χ3n) is 1.75. The molecule has 0 bridgehead atoms. The summed E-state index contributed by atoms with van der Waals surface area (Å²) < 4.78 is -0.0751. The quantitative estimate of drug-likeness (QED) is 0.390. The minimum absolute atomic E-state index is 0.0751. The van der Waals surface area contributed by atoms with Crippen molar-refractivity contribution in [2.75, 3.05) is 6.54 Å². The smallest absolute Gasteiger partial charge is 0.408 e. The van der Waals surface area contributed by atoms with Gasteiger partial charge in [0.1, 0.15) is 0 Å². The summed E-state index contributed by atoms with van der Waals surface area (Å²) in [5, 5.41) is 17.8. The molecule has 1 saturated heterocycles. The summed E-state index contributed by atoms with van der Waals surface area (Å²) in [6, 6.07) is 0. The number of piperidine rings is 1. The van der Waals surface area contributed by atoms with Gasteiger partial charge in [-0.2, -0.15) is 0 Å². The number of likely N-dealkylation sites (tertiary alicyclic amines) is 1. The summed E-state index contributed by atoms with van der Waals surface area (Å²) in [6.45, 7) is 0.449. The van der Waals surface area contributed by atoms with Crippen molar-refractivity contribution in [3.63, 3.8) is 0 Å². The highest BCUT2D eigenvalue weighted by Crippen LogP contribution is 2.22. The van der Waals surface area contributed by atoms with Gasteiger partial charge in [0.15, 0.2) is 0 Å². The molecule has 4 nitrogen and oxygen atoms in total. The van der Waals surface area contributed by atoms with E-state index in [0.717, 1.165) is 0 Å². The molecule has 11 heavy (non-hydrogen) atoms. The number of nitrogens with zero attached hydrogens (tertiary/aromatic N) is 1. The van der Waals surface area contributed by atoms with Crippen molar-refractivity contribution in [2.45, 2.75) is 23.0 Å². The van der Waals surface area contributed by atoms with E-state index in [-0.39, 0.29) is 10.2 Å². The van der Waals surface area contributed by atoms with Crippen LogP contribution in [-0.4, -0.2) is 37.9 Å². The lowest BCUT2D eigenvalue weighted by atomic mass is 10.1. The van der Waals surface area contributed by atoms with Crippen molar-refractivity contribution in [3.05, 3.63) is 0 Å². The van der Waals surface area contributed by atoms with Crippen LogP contribution in [0.5, 0.6) is 0 Å². The zero-order valence-corrected chi connectivity index (χ0v) is 8.06. The predicted molar refractivity (Wildman–Crippen MR) is 47.8 cm³/mol. The molecule has 0 aromatic rings. The monoisotopic (exact) mass is 271 g/mol. The lowest BCUT2D eigenvalue weighted by Crippen LogP contribution is -2.43. The van der Waals surface area contributed by atoms with E-state index >= 15 is 0 Å². The van der Waals surface area contributed by atoms with Gasteiger partial charge in [0.2, 0.25) is 0 Å². The third-order valence-corrected chi connectivity index (χ3v) is 2.93. The van der Waals surface area contributed by atoms with Gasteiger partial charge in [0.25, 0.3) is 0 Å². The molecule has 1 amide bonds. The summed E-state index contributed by atoms with van der Waals surface area (Å²) in [7, 11) is 0. The molecule has 1 aliphatic rings. The minimum Gasteiger partial charge on any atom is -0.465 e. The number of alkyl halides is 1. The number of hydrogen-bond acceptors (Lipinski definition) is 2. The molecular weight excluding hydrogens is 261 g/mol. The Bertz CT molecular complexity index is 164. The molecule has 2 atom stereocenters. The molecule has 5 heteroatoms. The molecule has 1 fully saturated rings. The number of halogens is 1. The second-order valence-electron chi connectivity index (χ2n) is 2.59. The van der Waals surface area contributed by atoms with Crippen LogP contribution in [0.25, 0.3) is 0 Å². The van der Waals surface area contributed by atoms with E-state index < -0.39 is 6.09 Å². The fourth-order valence-corrected chi connectivity index (χ4v) is 2.22. The SMILES string of the molecule is O=C(O)N1CCC(O)CC1I. The Balaban J connectivity index is 2.50. The van der Waals surface area contributed by atoms with E-state index in [9.17, 15) is 4.79 Å². The molecule has 64 valence electrons. The summed E-state index contributed by atoms with van der Waals surface area (Å²) in [4.78, 5) is 11.9. The Morgan fingerprint density at radius 2 is 2.27 bits per heavy atom. The van der Waals surface area contributed by atoms with Crippen molar-refractivity contribution in [1.82, 2.24) is 4.90 Å². The van der Waals surface area contributed by atoms with E-state index in [1.807, 2.05) is 22.6 Å². The van der Waals surface area contributed by atoms with E-state index in [1.54, 1.807) is 0 Å². The van der Waals surface area contributed by atoms with Crippen LogP contribution < -0.4 is 0 Å². The number of aliphatic hydroxyl groups is 1. The summed E-state index contributed by atoms with van der Waals surface area (Å²) in [5.74, 6) is 0. The first-order valence-corrected chi connectivity index (χ1v) is 4.67. The molecule has 1 rings (SSSR count). The Hall–Kier alpha value is -0.0400.